The minimum absolute atomic E-state index is 0.0191. The Hall–Kier alpha value is -0.340. The zero-order chi connectivity index (χ0) is 15.4. The van der Waals surface area contributed by atoms with Gasteiger partial charge in [0.05, 0.1) is 5.02 Å². The Morgan fingerprint density at radius 2 is 2.10 bits per heavy atom. The third kappa shape index (κ3) is 2.49. The van der Waals surface area contributed by atoms with Crippen molar-refractivity contribution in [2.24, 2.45) is 0 Å². The Morgan fingerprint density at radius 3 is 2.71 bits per heavy atom. The molecule has 116 valence electrons. The maximum Gasteiger partial charge on any atom is 0.253 e. The number of carbonyl (C=O) groups excluding carboxylic acids is 1. The lowest BCUT2D eigenvalue weighted by atomic mass is 10.1. The monoisotopic (exact) mass is 368 g/mol. The Bertz CT molecular complexity index is 669. The number of nitrogens with zero attached hydrogens (tertiary/aromatic N) is 2. The fraction of sp³-hybridized carbons (Fsp3) is 0.583. The van der Waals surface area contributed by atoms with Crippen LogP contribution in [0, 0.1) is 0 Å². The number of fused-ring (bicyclic) bond motifs is 1. The quantitative estimate of drug-likeness (QED) is 0.805. The highest BCUT2D eigenvalue weighted by Crippen LogP contribution is 2.37. The largest absolute Gasteiger partial charge is 0.337 e. The second-order valence-electron chi connectivity index (χ2n) is 5.27. The van der Waals surface area contributed by atoms with Crippen LogP contribution in [0.2, 0.25) is 9.36 Å². The molecule has 2 atom stereocenters. The van der Waals surface area contributed by atoms with Crippen LogP contribution in [0.1, 0.15) is 19.8 Å². The van der Waals surface area contributed by atoms with Crippen molar-refractivity contribution in [3.63, 3.8) is 0 Å². The molecule has 2 fully saturated rings. The van der Waals surface area contributed by atoms with Crippen molar-refractivity contribution in [2.45, 2.75) is 36.1 Å². The molecular weight excluding hydrogens is 355 g/mol. The van der Waals surface area contributed by atoms with Crippen LogP contribution in [0.3, 0.4) is 0 Å². The predicted molar refractivity (Wildman–Crippen MR) is 82.4 cm³/mol. The van der Waals surface area contributed by atoms with Gasteiger partial charge < -0.3 is 4.90 Å². The number of hydrogen-bond donors (Lipinski definition) is 0. The molecular formula is C12H14Cl2N2O3S2. The Kier molecular flexibility index (Phi) is 3.99. The van der Waals surface area contributed by atoms with Crippen molar-refractivity contribution in [3.05, 3.63) is 15.4 Å². The van der Waals surface area contributed by atoms with Crippen molar-refractivity contribution in [1.29, 1.82) is 0 Å². The van der Waals surface area contributed by atoms with Crippen LogP contribution in [-0.4, -0.2) is 48.7 Å². The SMILES string of the molecule is C[C@@H]1C(=O)N2CCC[C@@H]2CN1S(=O)(=O)c1cc(Cl)c(Cl)s1. The molecule has 21 heavy (non-hydrogen) atoms. The summed E-state index contributed by atoms with van der Waals surface area (Å²) in [6, 6.07) is 0.639. The second kappa shape index (κ2) is 5.38. The van der Waals surface area contributed by atoms with E-state index in [2.05, 4.69) is 0 Å². The number of piperazine rings is 1. The van der Waals surface area contributed by atoms with Crippen LogP contribution >= 0.6 is 34.5 Å². The van der Waals surface area contributed by atoms with E-state index in [9.17, 15) is 13.2 Å². The van der Waals surface area contributed by atoms with Gasteiger partial charge in [-0.3, -0.25) is 4.79 Å². The summed E-state index contributed by atoms with van der Waals surface area (Å²) in [6.07, 6.45) is 1.77. The molecule has 0 unspecified atom stereocenters. The standard InChI is InChI=1S/C12H14Cl2N2O3S2/c1-7-12(17)15-4-2-3-8(15)6-16(7)21(18,19)10-5-9(13)11(14)20-10/h5,7-8H,2-4,6H2,1H3/t7-,8-/m1/s1. The van der Waals surface area contributed by atoms with Gasteiger partial charge in [-0.15, -0.1) is 11.3 Å². The first-order valence-electron chi connectivity index (χ1n) is 6.59. The third-order valence-corrected chi connectivity index (χ3v) is 8.28. The molecule has 0 radical (unpaired) electrons. The van der Waals surface area contributed by atoms with E-state index in [1.807, 2.05) is 0 Å². The van der Waals surface area contributed by atoms with Crippen molar-refractivity contribution < 1.29 is 13.2 Å². The third-order valence-electron chi connectivity index (χ3n) is 4.03. The minimum Gasteiger partial charge on any atom is -0.337 e. The smallest absolute Gasteiger partial charge is 0.253 e. The van der Waals surface area contributed by atoms with E-state index >= 15 is 0 Å². The maximum atomic E-state index is 12.7. The van der Waals surface area contributed by atoms with Crippen LogP contribution in [0.4, 0.5) is 0 Å². The number of thiophene rings is 1. The zero-order valence-corrected chi connectivity index (χ0v) is 14.4. The normalized spacial score (nSPS) is 27.2. The predicted octanol–water partition coefficient (Wildman–Crippen LogP) is 2.44. The van der Waals surface area contributed by atoms with Gasteiger partial charge in [-0.1, -0.05) is 23.2 Å². The number of sulfonamides is 1. The van der Waals surface area contributed by atoms with E-state index in [0.717, 1.165) is 30.7 Å². The fourth-order valence-corrected chi connectivity index (χ4v) is 6.56. The molecule has 9 heteroatoms. The summed E-state index contributed by atoms with van der Waals surface area (Å²) < 4.78 is 27.1. The molecule has 1 aromatic rings. The summed E-state index contributed by atoms with van der Waals surface area (Å²) in [4.78, 5) is 14.1. The summed E-state index contributed by atoms with van der Waals surface area (Å²) >= 11 is 12.6. The molecule has 0 spiro atoms. The molecule has 3 rings (SSSR count). The van der Waals surface area contributed by atoms with Gasteiger partial charge >= 0.3 is 0 Å². The van der Waals surface area contributed by atoms with Gasteiger partial charge in [-0.2, -0.15) is 4.31 Å². The van der Waals surface area contributed by atoms with Crippen LogP contribution < -0.4 is 0 Å². The first-order chi connectivity index (χ1) is 9.82. The van der Waals surface area contributed by atoms with E-state index in [4.69, 9.17) is 23.2 Å². The van der Waals surface area contributed by atoms with Gasteiger partial charge in [0, 0.05) is 19.1 Å². The summed E-state index contributed by atoms with van der Waals surface area (Å²) in [5.41, 5.74) is 0. The number of amides is 1. The molecule has 1 aromatic heterocycles. The highest BCUT2D eigenvalue weighted by Gasteiger charge is 2.45. The Balaban J connectivity index is 1.96. The second-order valence-corrected chi connectivity index (χ2v) is 9.44. The first kappa shape index (κ1) is 15.6. The molecule has 2 saturated heterocycles. The topological polar surface area (TPSA) is 57.7 Å². The molecule has 0 aliphatic carbocycles. The van der Waals surface area contributed by atoms with Crippen molar-refractivity contribution in [2.75, 3.05) is 13.1 Å². The Labute approximate surface area is 137 Å². The van der Waals surface area contributed by atoms with Crippen LogP contribution in [0.5, 0.6) is 0 Å². The van der Waals surface area contributed by atoms with Gasteiger partial charge in [-0.25, -0.2) is 8.42 Å². The van der Waals surface area contributed by atoms with E-state index in [1.54, 1.807) is 11.8 Å². The lowest BCUT2D eigenvalue weighted by Gasteiger charge is -2.40. The average Bonchev–Trinajstić information content (AvgIpc) is 3.01. The highest BCUT2D eigenvalue weighted by molar-refractivity contribution is 7.91. The maximum absolute atomic E-state index is 12.7. The Morgan fingerprint density at radius 1 is 1.38 bits per heavy atom. The van der Waals surface area contributed by atoms with Gasteiger partial charge in [0.1, 0.15) is 14.6 Å². The average molecular weight is 369 g/mol. The summed E-state index contributed by atoms with van der Waals surface area (Å²) in [6.45, 7) is 2.69. The molecule has 0 bridgehead atoms. The van der Waals surface area contributed by atoms with Gasteiger partial charge in [-0.05, 0) is 25.8 Å². The summed E-state index contributed by atoms with van der Waals surface area (Å²) in [5.74, 6) is -0.124. The van der Waals surface area contributed by atoms with Crippen LogP contribution in [0.15, 0.2) is 10.3 Å². The lowest BCUT2D eigenvalue weighted by Crippen LogP contribution is -2.59. The van der Waals surface area contributed by atoms with E-state index in [0.29, 0.717) is 6.54 Å². The van der Waals surface area contributed by atoms with E-state index in [-0.39, 0.29) is 25.5 Å². The molecule has 0 saturated carbocycles. The van der Waals surface area contributed by atoms with Crippen molar-refractivity contribution in [1.82, 2.24) is 9.21 Å². The lowest BCUT2D eigenvalue weighted by molar-refractivity contribution is -0.139. The first-order valence-corrected chi connectivity index (χ1v) is 9.61. The van der Waals surface area contributed by atoms with Gasteiger partial charge in [0.2, 0.25) is 5.91 Å². The zero-order valence-electron chi connectivity index (χ0n) is 11.3. The molecule has 2 aliphatic heterocycles. The molecule has 0 aromatic carbocycles. The summed E-state index contributed by atoms with van der Waals surface area (Å²) in [5, 5.41) is 0.221. The molecule has 2 aliphatic rings. The summed E-state index contributed by atoms with van der Waals surface area (Å²) in [7, 11) is -3.75. The number of halogens is 2. The highest BCUT2D eigenvalue weighted by atomic mass is 35.5. The van der Waals surface area contributed by atoms with E-state index in [1.165, 1.54) is 10.4 Å². The van der Waals surface area contributed by atoms with Crippen molar-refractivity contribution in [3.8, 4) is 0 Å². The van der Waals surface area contributed by atoms with Gasteiger partial charge in [0.25, 0.3) is 10.0 Å². The number of carbonyl (C=O) groups is 1. The van der Waals surface area contributed by atoms with Crippen LogP contribution in [-0.2, 0) is 14.8 Å². The van der Waals surface area contributed by atoms with E-state index < -0.39 is 16.1 Å². The molecule has 1 amide bonds. The van der Waals surface area contributed by atoms with Crippen molar-refractivity contribution >= 4 is 50.5 Å². The molecule has 3 heterocycles. The fourth-order valence-electron chi connectivity index (χ4n) is 2.92. The van der Waals surface area contributed by atoms with Gasteiger partial charge in [0.15, 0.2) is 0 Å². The number of rotatable bonds is 2. The molecule has 0 N–H and O–H groups in total. The molecule has 5 nitrogen and oxygen atoms in total. The van der Waals surface area contributed by atoms with Crippen LogP contribution in [0.25, 0.3) is 0 Å². The minimum atomic E-state index is -3.75. The number of hydrogen-bond acceptors (Lipinski definition) is 4.